The SMILES string of the molecule is C=C(COC(C)=O)[C@@H]1CC[C@]2(C)C[C@H](O[Si](OC(C)(C)C)(c3ccccc3)c3ccccc3)CC(C)=C2C1. The van der Waals surface area contributed by atoms with Crippen molar-refractivity contribution < 1.29 is 18.4 Å². The van der Waals surface area contributed by atoms with Crippen molar-refractivity contribution in [2.75, 3.05) is 6.61 Å². The Labute approximate surface area is 230 Å². The number of hydrogen-bond acceptors (Lipinski definition) is 4. The van der Waals surface area contributed by atoms with Gasteiger partial charge in [-0.1, -0.05) is 85.3 Å². The first-order chi connectivity index (χ1) is 17.9. The zero-order valence-electron chi connectivity index (χ0n) is 24.0. The molecule has 1 fully saturated rings. The molecule has 2 aromatic rings. The largest absolute Gasteiger partial charge is 0.461 e. The van der Waals surface area contributed by atoms with Crippen LogP contribution in [0.4, 0.5) is 0 Å². The number of esters is 1. The van der Waals surface area contributed by atoms with Gasteiger partial charge in [-0.25, -0.2) is 0 Å². The predicted molar refractivity (Wildman–Crippen MR) is 157 cm³/mol. The van der Waals surface area contributed by atoms with Gasteiger partial charge in [0.15, 0.2) is 0 Å². The van der Waals surface area contributed by atoms with E-state index in [1.807, 2.05) is 0 Å². The lowest BCUT2D eigenvalue weighted by Gasteiger charge is -2.49. The third-order valence-electron chi connectivity index (χ3n) is 8.08. The quantitative estimate of drug-likeness (QED) is 0.222. The van der Waals surface area contributed by atoms with E-state index in [2.05, 4.69) is 102 Å². The standard InChI is InChI=1S/C33H44O4Si/c1-24-20-28(22-33(7)19-18-27(21-31(24)33)25(2)23-35-26(3)34)36-38(37-32(4,5)6,29-14-10-8-11-15-29)30-16-12-9-13-17-30/h8-17,27-28H,2,18-23H2,1,3-7H3/t27-,28-,33-/m1/s1. The van der Waals surface area contributed by atoms with Gasteiger partial charge in [0.2, 0.25) is 0 Å². The van der Waals surface area contributed by atoms with Crippen molar-refractivity contribution in [3.05, 3.63) is 84.0 Å². The molecule has 2 aliphatic rings. The van der Waals surface area contributed by atoms with Gasteiger partial charge in [0.25, 0.3) is 0 Å². The smallest absolute Gasteiger partial charge is 0.407 e. The van der Waals surface area contributed by atoms with Gasteiger partial charge in [-0.05, 0) is 87.1 Å². The average Bonchev–Trinajstić information content (AvgIpc) is 2.86. The van der Waals surface area contributed by atoms with E-state index in [9.17, 15) is 4.79 Å². The third-order valence-corrected chi connectivity index (χ3v) is 11.8. The molecule has 38 heavy (non-hydrogen) atoms. The van der Waals surface area contributed by atoms with Crippen LogP contribution >= 0.6 is 0 Å². The Morgan fingerprint density at radius 2 is 1.61 bits per heavy atom. The van der Waals surface area contributed by atoms with Crippen LogP contribution < -0.4 is 10.4 Å². The van der Waals surface area contributed by atoms with E-state index in [0.29, 0.717) is 12.5 Å². The first-order valence-electron chi connectivity index (χ1n) is 13.9. The van der Waals surface area contributed by atoms with Crippen LogP contribution in [0.3, 0.4) is 0 Å². The molecule has 204 valence electrons. The number of allylic oxidation sites excluding steroid dienone is 1. The molecule has 0 aliphatic heterocycles. The summed E-state index contributed by atoms with van der Waals surface area (Å²) in [6.45, 7) is 17.1. The van der Waals surface area contributed by atoms with E-state index < -0.39 is 8.56 Å². The number of carbonyl (C=O) groups excluding carboxylic acids is 1. The monoisotopic (exact) mass is 532 g/mol. The summed E-state index contributed by atoms with van der Waals surface area (Å²) in [5.41, 5.74) is 3.71. The summed E-state index contributed by atoms with van der Waals surface area (Å²) in [5, 5.41) is 2.29. The molecule has 0 heterocycles. The minimum Gasteiger partial charge on any atom is -0.461 e. The van der Waals surface area contributed by atoms with Crippen molar-refractivity contribution in [3.63, 3.8) is 0 Å². The van der Waals surface area contributed by atoms with E-state index >= 15 is 0 Å². The van der Waals surface area contributed by atoms with Crippen molar-refractivity contribution in [1.29, 1.82) is 0 Å². The maximum atomic E-state index is 11.3. The van der Waals surface area contributed by atoms with E-state index in [0.717, 1.165) is 48.1 Å². The lowest BCUT2D eigenvalue weighted by molar-refractivity contribution is -0.140. The van der Waals surface area contributed by atoms with Gasteiger partial charge in [-0.2, -0.15) is 0 Å². The molecule has 3 atom stereocenters. The number of carbonyl (C=O) groups is 1. The second-order valence-corrected chi connectivity index (χ2v) is 15.2. The van der Waals surface area contributed by atoms with Crippen LogP contribution in [0.1, 0.15) is 73.6 Å². The summed E-state index contributed by atoms with van der Waals surface area (Å²) >= 11 is 0. The summed E-state index contributed by atoms with van der Waals surface area (Å²) in [6, 6.07) is 21.1. The molecule has 4 rings (SSSR count). The lowest BCUT2D eigenvalue weighted by atomic mass is 9.60. The molecule has 4 nitrogen and oxygen atoms in total. The number of hydrogen-bond donors (Lipinski definition) is 0. The Kier molecular flexibility index (Phi) is 8.51. The normalized spacial score (nSPS) is 24.1. The van der Waals surface area contributed by atoms with Crippen LogP contribution in [0.25, 0.3) is 0 Å². The van der Waals surface area contributed by atoms with Crippen molar-refractivity contribution in [2.45, 2.75) is 85.4 Å². The summed E-state index contributed by atoms with van der Waals surface area (Å²) < 4.78 is 19.7. The molecule has 0 radical (unpaired) electrons. The molecule has 2 aliphatic carbocycles. The first-order valence-corrected chi connectivity index (χ1v) is 15.7. The predicted octanol–water partition coefficient (Wildman–Crippen LogP) is 6.48. The first kappa shape index (κ1) is 28.5. The van der Waals surface area contributed by atoms with Crippen LogP contribution in [-0.4, -0.2) is 32.8 Å². The van der Waals surface area contributed by atoms with Crippen molar-refractivity contribution in [1.82, 2.24) is 0 Å². The molecule has 0 saturated heterocycles. The third kappa shape index (κ3) is 6.39. The Hall–Kier alpha value is -2.47. The number of fused-ring (bicyclic) bond motifs is 1. The number of ether oxygens (including phenoxy) is 1. The number of rotatable bonds is 8. The van der Waals surface area contributed by atoms with Gasteiger partial charge in [-0.3, -0.25) is 4.79 Å². The maximum Gasteiger partial charge on any atom is 0.407 e. The fraction of sp³-hybridized carbons (Fsp3) is 0.485. The number of benzene rings is 2. The highest BCUT2D eigenvalue weighted by Gasteiger charge is 2.50. The van der Waals surface area contributed by atoms with Crippen LogP contribution in [0.5, 0.6) is 0 Å². The van der Waals surface area contributed by atoms with Crippen LogP contribution in [0.2, 0.25) is 0 Å². The molecule has 0 aromatic heterocycles. The maximum absolute atomic E-state index is 11.3. The van der Waals surface area contributed by atoms with Gasteiger partial charge in [0.1, 0.15) is 6.61 Å². The molecule has 0 N–H and O–H groups in total. The average molecular weight is 533 g/mol. The summed E-state index contributed by atoms with van der Waals surface area (Å²) in [5.74, 6) is 0.109. The van der Waals surface area contributed by atoms with Gasteiger partial charge in [0.05, 0.1) is 11.7 Å². The Bertz CT molecular complexity index is 1120. The molecule has 0 amide bonds. The van der Waals surface area contributed by atoms with Crippen LogP contribution in [-0.2, 0) is 18.4 Å². The van der Waals surface area contributed by atoms with Gasteiger partial charge in [-0.15, -0.1) is 0 Å². The van der Waals surface area contributed by atoms with E-state index in [4.69, 9.17) is 13.6 Å². The minimum absolute atomic E-state index is 0.0685. The lowest BCUT2D eigenvalue weighted by Crippen LogP contribution is -2.67. The molecule has 0 bridgehead atoms. The molecular formula is C33H44O4Si. The van der Waals surface area contributed by atoms with Crippen LogP contribution in [0.15, 0.2) is 84.0 Å². The summed E-state index contributed by atoms with van der Waals surface area (Å²) in [4.78, 5) is 11.3. The van der Waals surface area contributed by atoms with Crippen LogP contribution in [0, 0.1) is 11.3 Å². The van der Waals surface area contributed by atoms with Gasteiger partial charge in [0, 0.05) is 6.92 Å². The molecule has 0 spiro atoms. The van der Waals surface area contributed by atoms with Gasteiger partial charge >= 0.3 is 14.5 Å². The minimum atomic E-state index is -3.03. The molecule has 5 heteroatoms. The zero-order valence-corrected chi connectivity index (χ0v) is 25.0. The molecule has 2 aromatic carbocycles. The molecular weight excluding hydrogens is 488 g/mol. The van der Waals surface area contributed by atoms with Gasteiger partial charge < -0.3 is 13.6 Å². The van der Waals surface area contributed by atoms with E-state index in [1.54, 1.807) is 5.57 Å². The highest BCUT2D eigenvalue weighted by Crippen LogP contribution is 2.53. The zero-order chi connectivity index (χ0) is 27.6. The summed E-state index contributed by atoms with van der Waals surface area (Å²) in [7, 11) is -3.03. The molecule has 1 saturated carbocycles. The van der Waals surface area contributed by atoms with E-state index in [-0.39, 0.29) is 23.1 Å². The highest BCUT2D eigenvalue weighted by molar-refractivity contribution is 6.92. The highest BCUT2D eigenvalue weighted by atomic mass is 28.4. The fourth-order valence-corrected chi connectivity index (χ4v) is 10.0. The Balaban J connectivity index is 1.66. The summed E-state index contributed by atoms with van der Waals surface area (Å²) in [6.07, 6.45) is 5.07. The van der Waals surface area contributed by atoms with E-state index in [1.165, 1.54) is 12.5 Å². The topological polar surface area (TPSA) is 44.8 Å². The fourth-order valence-electron chi connectivity index (χ4n) is 6.36. The Morgan fingerprint density at radius 1 is 1.03 bits per heavy atom. The van der Waals surface area contributed by atoms with Crippen molar-refractivity contribution in [2.24, 2.45) is 11.3 Å². The second kappa shape index (κ2) is 11.3. The van der Waals surface area contributed by atoms with Crippen molar-refractivity contribution >= 4 is 24.9 Å². The molecule has 0 unspecified atom stereocenters. The Morgan fingerprint density at radius 3 is 2.13 bits per heavy atom. The second-order valence-electron chi connectivity index (χ2n) is 12.4. The van der Waals surface area contributed by atoms with Crippen molar-refractivity contribution in [3.8, 4) is 0 Å².